The third-order valence-corrected chi connectivity index (χ3v) is 2.87. The van der Waals surface area contributed by atoms with Crippen molar-refractivity contribution in [1.82, 2.24) is 0 Å². The minimum Gasteiger partial charge on any atom is -0.466 e. The van der Waals surface area contributed by atoms with Crippen molar-refractivity contribution in [3.63, 3.8) is 0 Å². The Bertz CT molecular complexity index is 240. The smallest absolute Gasteiger partial charge is 0.308 e. The van der Waals surface area contributed by atoms with Crippen LogP contribution in [-0.4, -0.2) is 70.8 Å². The number of hydrogen-bond donors (Lipinski definition) is 0. The largest absolute Gasteiger partial charge is 0.466 e. The highest BCUT2D eigenvalue weighted by Crippen LogP contribution is 1.93. The molecule has 0 heterocycles. The first-order valence-electron chi connectivity index (χ1n) is 7.83. The Morgan fingerprint density at radius 3 is 1.77 bits per heavy atom. The van der Waals surface area contributed by atoms with Crippen LogP contribution in [0.4, 0.5) is 0 Å². The Morgan fingerprint density at radius 2 is 1.27 bits per heavy atom. The zero-order valence-corrected chi connectivity index (χ0v) is 15.1. The number of halogens is 1. The molecule has 0 spiro atoms. The molecule has 0 N–H and O–H groups in total. The van der Waals surface area contributed by atoms with Gasteiger partial charge in [0.15, 0.2) is 0 Å². The van der Waals surface area contributed by atoms with Crippen LogP contribution in [0.15, 0.2) is 0 Å². The summed E-state index contributed by atoms with van der Waals surface area (Å²) >= 11 is 3.28. The van der Waals surface area contributed by atoms with E-state index < -0.39 is 0 Å². The van der Waals surface area contributed by atoms with Gasteiger partial charge in [0.1, 0.15) is 0 Å². The van der Waals surface area contributed by atoms with Crippen LogP contribution in [0.3, 0.4) is 0 Å². The summed E-state index contributed by atoms with van der Waals surface area (Å²) in [6, 6.07) is 0. The van der Waals surface area contributed by atoms with Crippen molar-refractivity contribution >= 4 is 21.9 Å². The fraction of sp³-hybridized carbons (Fsp3) is 0.933. The van der Waals surface area contributed by atoms with E-state index in [1.165, 1.54) is 0 Å². The minimum absolute atomic E-state index is 0.204. The van der Waals surface area contributed by atoms with E-state index in [0.29, 0.717) is 65.9 Å². The highest BCUT2D eigenvalue weighted by Gasteiger charge is 2.01. The second-order valence-electron chi connectivity index (χ2n) is 4.46. The van der Waals surface area contributed by atoms with Gasteiger partial charge in [0.25, 0.3) is 0 Å². The first-order chi connectivity index (χ1) is 10.8. The van der Waals surface area contributed by atoms with Crippen molar-refractivity contribution in [2.24, 2.45) is 0 Å². The maximum atomic E-state index is 11.3. The Morgan fingerprint density at radius 1 is 0.773 bits per heavy atom. The Balaban J connectivity index is 3.06. The molecule has 6 nitrogen and oxygen atoms in total. The number of esters is 1. The Kier molecular flexibility index (Phi) is 18.7. The molecule has 0 radical (unpaired) electrons. The summed E-state index contributed by atoms with van der Waals surface area (Å²) in [6.07, 6.45) is 2.22. The van der Waals surface area contributed by atoms with Gasteiger partial charge >= 0.3 is 5.97 Å². The van der Waals surface area contributed by atoms with Gasteiger partial charge in [-0.15, -0.1) is 0 Å². The lowest BCUT2D eigenvalue weighted by molar-refractivity contribution is -0.145. The molecule has 0 atom stereocenters. The van der Waals surface area contributed by atoms with E-state index in [1.807, 2.05) is 0 Å². The Labute approximate surface area is 141 Å². The van der Waals surface area contributed by atoms with Gasteiger partial charge < -0.3 is 23.7 Å². The van der Waals surface area contributed by atoms with Crippen LogP contribution in [0.25, 0.3) is 0 Å². The summed E-state index contributed by atoms with van der Waals surface area (Å²) in [7, 11) is 0. The van der Waals surface area contributed by atoms with E-state index in [2.05, 4.69) is 22.9 Å². The second kappa shape index (κ2) is 18.8. The van der Waals surface area contributed by atoms with Crippen LogP contribution in [0, 0.1) is 0 Å². The standard InChI is InChI=1S/C15H29BrO6/c1-2-3-6-22-15(17)4-7-18-9-11-20-13-14-21-12-10-19-8-5-16/h2-14H2,1H3. The maximum absolute atomic E-state index is 11.3. The van der Waals surface area contributed by atoms with Crippen molar-refractivity contribution in [1.29, 1.82) is 0 Å². The van der Waals surface area contributed by atoms with Gasteiger partial charge in [-0.1, -0.05) is 29.3 Å². The molecule has 0 amide bonds. The fourth-order valence-corrected chi connectivity index (χ4v) is 1.60. The second-order valence-corrected chi connectivity index (χ2v) is 5.26. The zero-order valence-electron chi connectivity index (χ0n) is 13.5. The number of rotatable bonds is 17. The summed E-state index contributed by atoms with van der Waals surface area (Å²) < 4.78 is 26.2. The molecule has 0 aromatic heterocycles. The van der Waals surface area contributed by atoms with Crippen molar-refractivity contribution in [2.75, 3.05) is 64.8 Å². The number of hydrogen-bond acceptors (Lipinski definition) is 6. The topological polar surface area (TPSA) is 63.2 Å². The predicted octanol–water partition coefficient (Wildman–Crippen LogP) is 2.18. The lowest BCUT2D eigenvalue weighted by atomic mass is 10.4. The molecule has 132 valence electrons. The minimum atomic E-state index is -0.204. The van der Waals surface area contributed by atoms with Crippen LogP contribution in [0.2, 0.25) is 0 Å². The number of unbranched alkanes of at least 4 members (excludes halogenated alkanes) is 1. The quantitative estimate of drug-likeness (QED) is 0.217. The van der Waals surface area contributed by atoms with Crippen LogP contribution >= 0.6 is 15.9 Å². The van der Waals surface area contributed by atoms with Crippen LogP contribution in [-0.2, 0) is 28.5 Å². The SMILES string of the molecule is CCCCOC(=O)CCOCCOCCOCCOCCBr. The molecule has 22 heavy (non-hydrogen) atoms. The van der Waals surface area contributed by atoms with Gasteiger partial charge in [0.2, 0.25) is 0 Å². The van der Waals surface area contributed by atoms with E-state index in [0.717, 1.165) is 18.2 Å². The molecule has 0 saturated carbocycles. The van der Waals surface area contributed by atoms with Gasteiger partial charge in [-0.25, -0.2) is 0 Å². The van der Waals surface area contributed by atoms with Crippen molar-refractivity contribution < 1.29 is 28.5 Å². The lowest BCUT2D eigenvalue weighted by Crippen LogP contribution is -2.13. The van der Waals surface area contributed by atoms with Crippen molar-refractivity contribution in [2.45, 2.75) is 26.2 Å². The van der Waals surface area contributed by atoms with Crippen LogP contribution < -0.4 is 0 Å². The fourth-order valence-electron chi connectivity index (χ4n) is 1.37. The predicted molar refractivity (Wildman–Crippen MR) is 87.6 cm³/mol. The number of ether oxygens (including phenoxy) is 5. The van der Waals surface area contributed by atoms with Crippen molar-refractivity contribution in [3.8, 4) is 0 Å². The molecule has 0 aromatic carbocycles. The number of carbonyl (C=O) groups excluding carboxylic acids is 1. The van der Waals surface area contributed by atoms with Crippen molar-refractivity contribution in [3.05, 3.63) is 0 Å². The molecule has 0 unspecified atom stereocenters. The van der Waals surface area contributed by atoms with Crippen LogP contribution in [0.5, 0.6) is 0 Å². The summed E-state index contributed by atoms with van der Waals surface area (Å²) in [4.78, 5) is 11.3. The number of alkyl halides is 1. The zero-order chi connectivity index (χ0) is 16.3. The third kappa shape index (κ3) is 17.8. The molecule has 0 aliphatic heterocycles. The lowest BCUT2D eigenvalue weighted by Gasteiger charge is -2.07. The van der Waals surface area contributed by atoms with E-state index >= 15 is 0 Å². The molecule has 0 aromatic rings. The first-order valence-corrected chi connectivity index (χ1v) is 8.96. The third-order valence-electron chi connectivity index (χ3n) is 2.55. The summed E-state index contributed by atoms with van der Waals surface area (Å²) in [5.74, 6) is -0.204. The number of carbonyl (C=O) groups is 1. The molecule has 0 saturated heterocycles. The normalized spacial score (nSPS) is 10.8. The highest BCUT2D eigenvalue weighted by atomic mass is 79.9. The average molecular weight is 385 g/mol. The molecule has 0 aliphatic rings. The van der Waals surface area contributed by atoms with E-state index in [9.17, 15) is 4.79 Å². The van der Waals surface area contributed by atoms with E-state index in [-0.39, 0.29) is 5.97 Å². The van der Waals surface area contributed by atoms with E-state index in [4.69, 9.17) is 23.7 Å². The maximum Gasteiger partial charge on any atom is 0.308 e. The summed E-state index contributed by atoms with van der Waals surface area (Å²) in [6.45, 7) is 6.84. The molecular formula is C15H29BrO6. The Hall–Kier alpha value is -0.210. The molecule has 0 rings (SSSR count). The molecule has 0 fully saturated rings. The van der Waals surface area contributed by atoms with Gasteiger partial charge in [-0.3, -0.25) is 4.79 Å². The van der Waals surface area contributed by atoms with Crippen LogP contribution in [0.1, 0.15) is 26.2 Å². The van der Waals surface area contributed by atoms with Gasteiger partial charge in [-0.05, 0) is 6.42 Å². The van der Waals surface area contributed by atoms with Gasteiger partial charge in [0, 0.05) is 5.33 Å². The molecular weight excluding hydrogens is 356 g/mol. The average Bonchev–Trinajstić information content (AvgIpc) is 2.52. The molecule has 0 aliphatic carbocycles. The van der Waals surface area contributed by atoms with E-state index in [1.54, 1.807) is 0 Å². The van der Waals surface area contributed by atoms with Gasteiger partial charge in [-0.2, -0.15) is 0 Å². The summed E-state index contributed by atoms with van der Waals surface area (Å²) in [5.41, 5.74) is 0. The first kappa shape index (κ1) is 21.8. The van der Waals surface area contributed by atoms with Gasteiger partial charge in [0.05, 0.1) is 65.9 Å². The monoisotopic (exact) mass is 384 g/mol. The summed E-state index contributed by atoms with van der Waals surface area (Å²) in [5, 5.41) is 0.840. The molecule has 7 heteroatoms. The highest BCUT2D eigenvalue weighted by molar-refractivity contribution is 9.09. The molecule has 0 bridgehead atoms.